The SMILES string of the molecule is Nc1nc2ccc(Oc3ccccc3)cc2n1C(c1cccc(C(=O)O)c1)C1CCCCC1.O=C(O)C(F)(F)F. The molecular weight excluding hydrogens is 527 g/mol. The van der Waals surface area contributed by atoms with Crippen molar-refractivity contribution < 1.29 is 37.7 Å². The van der Waals surface area contributed by atoms with Crippen LogP contribution in [0, 0.1) is 5.92 Å². The Labute approximate surface area is 227 Å². The number of alkyl halides is 3. The van der Waals surface area contributed by atoms with E-state index in [0.717, 1.165) is 48.0 Å². The van der Waals surface area contributed by atoms with Gasteiger partial charge in [-0.05, 0) is 60.7 Å². The number of rotatable bonds is 6. The first-order valence-electron chi connectivity index (χ1n) is 12.7. The minimum atomic E-state index is -5.08. The zero-order valence-corrected chi connectivity index (χ0v) is 21.3. The molecule has 1 unspecified atom stereocenters. The molecule has 1 aliphatic rings. The number of para-hydroxylation sites is 1. The van der Waals surface area contributed by atoms with Crippen molar-refractivity contribution in [2.45, 2.75) is 44.3 Å². The van der Waals surface area contributed by atoms with Crippen LogP contribution in [0.5, 0.6) is 11.5 Å². The average Bonchev–Trinajstić information content (AvgIpc) is 3.25. The molecule has 1 aromatic heterocycles. The first kappa shape index (κ1) is 28.5. The summed E-state index contributed by atoms with van der Waals surface area (Å²) in [5, 5.41) is 16.7. The molecule has 1 heterocycles. The van der Waals surface area contributed by atoms with Crippen molar-refractivity contribution in [2.75, 3.05) is 5.73 Å². The van der Waals surface area contributed by atoms with Gasteiger partial charge in [0.25, 0.3) is 0 Å². The average molecular weight is 556 g/mol. The number of carboxylic acids is 2. The second-order valence-electron chi connectivity index (χ2n) is 9.48. The summed E-state index contributed by atoms with van der Waals surface area (Å²) in [4.78, 5) is 25.2. The van der Waals surface area contributed by atoms with Gasteiger partial charge in [-0.25, -0.2) is 14.6 Å². The molecule has 4 N–H and O–H groups in total. The number of nitrogens with zero attached hydrogens (tertiary/aromatic N) is 2. The predicted molar refractivity (Wildman–Crippen MR) is 142 cm³/mol. The molecule has 0 bridgehead atoms. The molecule has 4 aromatic rings. The highest BCUT2D eigenvalue weighted by atomic mass is 19.4. The van der Waals surface area contributed by atoms with Gasteiger partial charge in [0, 0.05) is 6.07 Å². The molecular formula is C29H28F3N3O5. The smallest absolute Gasteiger partial charge is 0.478 e. The number of ether oxygens (including phenoxy) is 1. The first-order chi connectivity index (χ1) is 19.0. The van der Waals surface area contributed by atoms with Crippen molar-refractivity contribution in [3.8, 4) is 11.5 Å². The normalized spacial score (nSPS) is 14.7. The van der Waals surface area contributed by atoms with Crippen LogP contribution in [0.3, 0.4) is 0 Å². The molecule has 40 heavy (non-hydrogen) atoms. The molecule has 1 fully saturated rings. The van der Waals surface area contributed by atoms with Crippen LogP contribution in [0.2, 0.25) is 0 Å². The number of imidazole rings is 1. The number of carbonyl (C=O) groups is 2. The summed E-state index contributed by atoms with van der Waals surface area (Å²) in [7, 11) is 0. The maximum atomic E-state index is 11.7. The van der Waals surface area contributed by atoms with E-state index in [0.29, 0.717) is 17.6 Å². The van der Waals surface area contributed by atoms with E-state index in [1.807, 2.05) is 60.7 Å². The number of anilines is 1. The van der Waals surface area contributed by atoms with Crippen molar-refractivity contribution in [3.63, 3.8) is 0 Å². The summed E-state index contributed by atoms with van der Waals surface area (Å²) in [6.45, 7) is 0. The number of aliphatic carboxylic acids is 1. The standard InChI is InChI=1S/C27H27N3O3.C2HF3O2/c28-27-29-23-15-14-22(33-21-12-5-2-6-13-21)17-24(23)30(27)25(18-8-3-1-4-9-18)19-10-7-11-20(16-19)26(31)32;3-2(4,5)1(6)7/h2,5-7,10-18,25H,1,3-4,8-9H2,(H2,28,29)(H,31,32);(H,6,7). The van der Waals surface area contributed by atoms with Gasteiger partial charge in [0.2, 0.25) is 5.95 Å². The summed E-state index contributed by atoms with van der Waals surface area (Å²) in [6, 6.07) is 22.6. The van der Waals surface area contributed by atoms with Crippen LogP contribution < -0.4 is 10.5 Å². The van der Waals surface area contributed by atoms with E-state index in [9.17, 15) is 23.1 Å². The molecule has 8 nitrogen and oxygen atoms in total. The molecule has 1 aliphatic carbocycles. The Balaban J connectivity index is 0.000000470. The van der Waals surface area contributed by atoms with E-state index in [-0.39, 0.29) is 11.6 Å². The van der Waals surface area contributed by atoms with Crippen LogP contribution in [0.15, 0.2) is 72.8 Å². The topological polar surface area (TPSA) is 128 Å². The Morgan fingerprint density at radius 1 is 0.925 bits per heavy atom. The van der Waals surface area contributed by atoms with Gasteiger partial charge in [-0.3, -0.25) is 0 Å². The first-order valence-corrected chi connectivity index (χ1v) is 12.7. The second-order valence-corrected chi connectivity index (χ2v) is 9.48. The number of fused-ring (bicyclic) bond motifs is 1. The van der Waals surface area contributed by atoms with Gasteiger partial charge in [-0.2, -0.15) is 13.2 Å². The third-order valence-corrected chi connectivity index (χ3v) is 6.76. The van der Waals surface area contributed by atoms with Gasteiger partial charge in [0.15, 0.2) is 0 Å². The lowest BCUT2D eigenvalue weighted by molar-refractivity contribution is -0.192. The lowest BCUT2D eigenvalue weighted by Gasteiger charge is -2.33. The largest absolute Gasteiger partial charge is 0.490 e. The highest BCUT2D eigenvalue weighted by molar-refractivity contribution is 5.88. The molecule has 1 atom stereocenters. The lowest BCUT2D eigenvalue weighted by atomic mass is 9.80. The van der Waals surface area contributed by atoms with Gasteiger partial charge in [0.1, 0.15) is 11.5 Å². The monoisotopic (exact) mass is 555 g/mol. The molecule has 0 spiro atoms. The van der Waals surface area contributed by atoms with Crippen molar-refractivity contribution in [2.24, 2.45) is 5.92 Å². The van der Waals surface area contributed by atoms with Gasteiger partial charge in [-0.15, -0.1) is 0 Å². The molecule has 11 heteroatoms. The Morgan fingerprint density at radius 2 is 1.60 bits per heavy atom. The molecule has 1 saturated carbocycles. The lowest BCUT2D eigenvalue weighted by Crippen LogP contribution is -2.24. The molecule has 5 rings (SSSR count). The fourth-order valence-electron chi connectivity index (χ4n) is 5.01. The van der Waals surface area contributed by atoms with Crippen LogP contribution in [0.25, 0.3) is 11.0 Å². The van der Waals surface area contributed by atoms with Crippen molar-refractivity contribution >= 4 is 28.9 Å². The third kappa shape index (κ3) is 6.71. The van der Waals surface area contributed by atoms with E-state index in [2.05, 4.69) is 9.55 Å². The molecule has 3 aromatic carbocycles. The summed E-state index contributed by atoms with van der Waals surface area (Å²) in [5.41, 5.74) is 9.40. The number of hydrogen-bond donors (Lipinski definition) is 3. The minimum absolute atomic E-state index is 0.0958. The van der Waals surface area contributed by atoms with Crippen LogP contribution in [0.1, 0.15) is 54.1 Å². The number of benzene rings is 3. The van der Waals surface area contributed by atoms with Crippen molar-refractivity contribution in [1.29, 1.82) is 0 Å². The zero-order valence-electron chi connectivity index (χ0n) is 21.3. The maximum Gasteiger partial charge on any atom is 0.490 e. The van der Waals surface area contributed by atoms with Gasteiger partial charge in [0.05, 0.1) is 22.6 Å². The Bertz CT molecular complexity index is 1480. The van der Waals surface area contributed by atoms with E-state index in [4.69, 9.17) is 20.4 Å². The molecule has 0 radical (unpaired) electrons. The van der Waals surface area contributed by atoms with Gasteiger partial charge in [-0.1, -0.05) is 49.6 Å². The van der Waals surface area contributed by atoms with E-state index in [1.165, 1.54) is 6.42 Å². The summed E-state index contributed by atoms with van der Waals surface area (Å²) >= 11 is 0. The van der Waals surface area contributed by atoms with Crippen molar-refractivity contribution in [1.82, 2.24) is 9.55 Å². The van der Waals surface area contributed by atoms with Crippen LogP contribution in [-0.2, 0) is 4.79 Å². The molecule has 0 aliphatic heterocycles. The number of nitrogens with two attached hydrogens (primary N) is 1. The second kappa shape index (κ2) is 12.1. The highest BCUT2D eigenvalue weighted by Crippen LogP contribution is 2.41. The van der Waals surface area contributed by atoms with Crippen LogP contribution >= 0.6 is 0 Å². The molecule has 0 amide bonds. The zero-order chi connectivity index (χ0) is 28.9. The molecule has 0 saturated heterocycles. The van der Waals surface area contributed by atoms with E-state index >= 15 is 0 Å². The van der Waals surface area contributed by atoms with Crippen LogP contribution in [0.4, 0.5) is 19.1 Å². The van der Waals surface area contributed by atoms with Crippen LogP contribution in [-0.4, -0.2) is 37.9 Å². The minimum Gasteiger partial charge on any atom is -0.478 e. The summed E-state index contributed by atoms with van der Waals surface area (Å²) in [6.07, 6.45) is 0.611. The number of nitrogen functional groups attached to an aromatic ring is 1. The Morgan fingerprint density at radius 3 is 2.23 bits per heavy atom. The fourth-order valence-corrected chi connectivity index (χ4v) is 5.01. The maximum absolute atomic E-state index is 11.7. The van der Waals surface area contributed by atoms with Crippen molar-refractivity contribution in [3.05, 3.63) is 83.9 Å². The third-order valence-electron chi connectivity index (χ3n) is 6.76. The molecule has 210 valence electrons. The Kier molecular flexibility index (Phi) is 8.61. The number of aromatic nitrogens is 2. The number of halogens is 3. The van der Waals surface area contributed by atoms with E-state index < -0.39 is 18.1 Å². The predicted octanol–water partition coefficient (Wildman–Crippen LogP) is 6.91. The highest BCUT2D eigenvalue weighted by Gasteiger charge is 2.38. The quantitative estimate of drug-likeness (QED) is 0.236. The van der Waals surface area contributed by atoms with E-state index in [1.54, 1.807) is 12.1 Å². The fraction of sp³-hybridized carbons (Fsp3) is 0.276. The Hall–Kier alpha value is -4.54. The number of carboxylic acid groups (broad SMARTS) is 2. The van der Waals surface area contributed by atoms with Gasteiger partial charge >= 0.3 is 18.1 Å². The number of aromatic carboxylic acids is 1. The summed E-state index contributed by atoms with van der Waals surface area (Å²) < 4.78 is 39.9. The summed E-state index contributed by atoms with van der Waals surface area (Å²) in [5.74, 6) is -1.45. The number of hydrogen-bond acceptors (Lipinski definition) is 5. The van der Waals surface area contributed by atoms with Gasteiger partial charge < -0.3 is 25.3 Å².